The van der Waals surface area contributed by atoms with E-state index in [0.29, 0.717) is 24.7 Å². The molecule has 1 aliphatic carbocycles. The molecule has 0 heterocycles. The summed E-state index contributed by atoms with van der Waals surface area (Å²) in [5.41, 5.74) is 0. The molecular weight excluding hydrogens is 396 g/mol. The molecule has 0 N–H and O–H groups in total. The molecule has 0 amide bonds. The van der Waals surface area contributed by atoms with Gasteiger partial charge in [-0.3, -0.25) is 9.59 Å². The SMILES string of the molecule is CCCCCCCCCC(=O)CCCCCCCCC(=O)OCC1CC1CCCCCC. The molecule has 0 aromatic carbocycles. The van der Waals surface area contributed by atoms with Gasteiger partial charge in [0.25, 0.3) is 0 Å². The summed E-state index contributed by atoms with van der Waals surface area (Å²) < 4.78 is 5.48. The number of hydrogen-bond donors (Lipinski definition) is 0. The fourth-order valence-corrected chi connectivity index (χ4v) is 4.68. The molecule has 1 aliphatic rings. The summed E-state index contributed by atoms with van der Waals surface area (Å²) >= 11 is 0. The lowest BCUT2D eigenvalue weighted by Gasteiger charge is -2.05. The van der Waals surface area contributed by atoms with Gasteiger partial charge in [-0.05, 0) is 37.5 Å². The normalized spacial score (nSPS) is 17.4. The van der Waals surface area contributed by atoms with Crippen LogP contribution in [0.3, 0.4) is 0 Å². The third-order valence-corrected chi connectivity index (χ3v) is 7.10. The van der Waals surface area contributed by atoms with E-state index in [-0.39, 0.29) is 5.97 Å². The highest BCUT2D eigenvalue weighted by Gasteiger charge is 2.36. The molecule has 0 spiro atoms. The number of hydrogen-bond acceptors (Lipinski definition) is 3. The van der Waals surface area contributed by atoms with Gasteiger partial charge in [0.1, 0.15) is 5.78 Å². The van der Waals surface area contributed by atoms with Crippen LogP contribution in [0.1, 0.15) is 155 Å². The third kappa shape index (κ3) is 17.7. The topological polar surface area (TPSA) is 43.4 Å². The number of esters is 1. The van der Waals surface area contributed by atoms with E-state index in [9.17, 15) is 9.59 Å². The number of unbranched alkanes of at least 4 members (excludes halogenated alkanes) is 14. The zero-order valence-corrected chi connectivity index (χ0v) is 21.6. The first-order valence-corrected chi connectivity index (χ1v) is 14.3. The van der Waals surface area contributed by atoms with Gasteiger partial charge in [0.15, 0.2) is 0 Å². The molecule has 2 atom stereocenters. The molecule has 1 saturated carbocycles. The fourth-order valence-electron chi connectivity index (χ4n) is 4.68. The number of ether oxygens (including phenoxy) is 1. The maximum Gasteiger partial charge on any atom is 0.305 e. The van der Waals surface area contributed by atoms with Crippen molar-refractivity contribution in [2.45, 2.75) is 155 Å². The van der Waals surface area contributed by atoms with Crippen molar-refractivity contribution < 1.29 is 14.3 Å². The Kier molecular flexibility index (Phi) is 18.9. The Morgan fingerprint density at radius 3 is 1.62 bits per heavy atom. The molecule has 2 unspecified atom stereocenters. The summed E-state index contributed by atoms with van der Waals surface area (Å²) in [6, 6.07) is 0. The van der Waals surface area contributed by atoms with Crippen LogP contribution in [0.15, 0.2) is 0 Å². The highest BCUT2D eigenvalue weighted by atomic mass is 16.5. The summed E-state index contributed by atoms with van der Waals surface area (Å²) in [5.74, 6) is 1.92. The first-order valence-electron chi connectivity index (χ1n) is 14.3. The van der Waals surface area contributed by atoms with E-state index in [1.54, 1.807) is 0 Å². The Balaban J connectivity index is 1.79. The van der Waals surface area contributed by atoms with Crippen LogP contribution >= 0.6 is 0 Å². The van der Waals surface area contributed by atoms with Gasteiger partial charge in [-0.15, -0.1) is 0 Å². The van der Waals surface area contributed by atoms with Crippen LogP contribution in [0.4, 0.5) is 0 Å². The van der Waals surface area contributed by atoms with E-state index in [1.165, 1.54) is 89.9 Å². The van der Waals surface area contributed by atoms with Gasteiger partial charge in [0, 0.05) is 19.3 Å². The number of carbonyl (C=O) groups is 2. The highest BCUT2D eigenvalue weighted by molar-refractivity contribution is 5.78. The molecule has 188 valence electrons. The monoisotopic (exact) mass is 450 g/mol. The lowest BCUT2D eigenvalue weighted by molar-refractivity contribution is -0.144. The van der Waals surface area contributed by atoms with E-state index in [2.05, 4.69) is 13.8 Å². The van der Waals surface area contributed by atoms with Gasteiger partial charge < -0.3 is 4.74 Å². The predicted molar refractivity (Wildman–Crippen MR) is 136 cm³/mol. The summed E-state index contributed by atoms with van der Waals surface area (Å²) in [5, 5.41) is 0. The average Bonchev–Trinajstić information content (AvgIpc) is 3.54. The van der Waals surface area contributed by atoms with E-state index in [0.717, 1.165) is 50.9 Å². The molecule has 32 heavy (non-hydrogen) atoms. The van der Waals surface area contributed by atoms with Crippen LogP contribution in [0.5, 0.6) is 0 Å². The molecule has 0 saturated heterocycles. The second-order valence-corrected chi connectivity index (χ2v) is 10.3. The van der Waals surface area contributed by atoms with Crippen molar-refractivity contribution in [1.82, 2.24) is 0 Å². The molecule has 0 aliphatic heterocycles. The summed E-state index contributed by atoms with van der Waals surface area (Å²) in [7, 11) is 0. The fraction of sp³-hybridized carbons (Fsp3) is 0.931. The van der Waals surface area contributed by atoms with E-state index in [1.807, 2.05) is 0 Å². The number of ketones is 1. The standard InChI is InChI=1S/C29H54O3/c1-3-5-7-9-10-13-17-21-28(30)22-18-14-11-12-15-19-23-29(31)32-25-27-24-26(27)20-16-8-6-4-2/h26-27H,3-25H2,1-2H3. The molecular formula is C29H54O3. The molecule has 0 aromatic rings. The molecule has 1 fully saturated rings. The van der Waals surface area contributed by atoms with Crippen LogP contribution in [0.25, 0.3) is 0 Å². The largest absolute Gasteiger partial charge is 0.465 e. The lowest BCUT2D eigenvalue weighted by atomic mass is 10.0. The Morgan fingerprint density at radius 2 is 1.06 bits per heavy atom. The maximum atomic E-state index is 11.9. The molecule has 0 bridgehead atoms. The number of carbonyl (C=O) groups excluding carboxylic acids is 2. The van der Waals surface area contributed by atoms with E-state index in [4.69, 9.17) is 4.74 Å². The van der Waals surface area contributed by atoms with Crippen molar-refractivity contribution in [3.05, 3.63) is 0 Å². The van der Waals surface area contributed by atoms with Crippen LogP contribution in [-0.4, -0.2) is 18.4 Å². The summed E-state index contributed by atoms with van der Waals surface area (Å²) in [4.78, 5) is 23.9. The van der Waals surface area contributed by atoms with Gasteiger partial charge in [0.2, 0.25) is 0 Å². The maximum absolute atomic E-state index is 11.9. The number of rotatable bonds is 24. The van der Waals surface area contributed by atoms with Crippen LogP contribution in [0.2, 0.25) is 0 Å². The second kappa shape index (κ2) is 20.7. The van der Waals surface area contributed by atoms with E-state index >= 15 is 0 Å². The zero-order chi connectivity index (χ0) is 23.3. The average molecular weight is 451 g/mol. The quantitative estimate of drug-likeness (QED) is 0.109. The van der Waals surface area contributed by atoms with Crippen molar-refractivity contribution in [2.24, 2.45) is 11.8 Å². The van der Waals surface area contributed by atoms with Gasteiger partial charge >= 0.3 is 5.97 Å². The number of Topliss-reactive ketones (excluding diaryl/α,β-unsaturated/α-hetero) is 1. The minimum absolute atomic E-state index is 0.00223. The van der Waals surface area contributed by atoms with Crippen molar-refractivity contribution in [1.29, 1.82) is 0 Å². The Morgan fingerprint density at radius 1 is 0.594 bits per heavy atom. The minimum Gasteiger partial charge on any atom is -0.465 e. The minimum atomic E-state index is -0.00223. The van der Waals surface area contributed by atoms with Gasteiger partial charge in [-0.2, -0.15) is 0 Å². The van der Waals surface area contributed by atoms with E-state index < -0.39 is 0 Å². The van der Waals surface area contributed by atoms with Gasteiger partial charge in [-0.25, -0.2) is 0 Å². The highest BCUT2D eigenvalue weighted by Crippen LogP contribution is 2.42. The third-order valence-electron chi connectivity index (χ3n) is 7.10. The Bertz CT molecular complexity index is 459. The molecule has 1 rings (SSSR count). The predicted octanol–water partition coefficient (Wildman–Crippen LogP) is 8.97. The Labute approximate surface area is 199 Å². The molecule has 3 heteroatoms. The first kappa shape index (κ1) is 29.2. The van der Waals surface area contributed by atoms with Gasteiger partial charge in [0.05, 0.1) is 6.61 Å². The zero-order valence-electron chi connectivity index (χ0n) is 21.6. The first-order chi connectivity index (χ1) is 15.7. The second-order valence-electron chi connectivity index (χ2n) is 10.3. The van der Waals surface area contributed by atoms with Crippen LogP contribution < -0.4 is 0 Å². The summed E-state index contributed by atoms with van der Waals surface area (Å²) in [6.07, 6.45) is 25.6. The summed E-state index contributed by atoms with van der Waals surface area (Å²) in [6.45, 7) is 5.15. The van der Waals surface area contributed by atoms with Gasteiger partial charge in [-0.1, -0.05) is 110 Å². The van der Waals surface area contributed by atoms with Crippen LogP contribution in [-0.2, 0) is 14.3 Å². The van der Waals surface area contributed by atoms with Crippen molar-refractivity contribution in [3.8, 4) is 0 Å². The molecule has 0 aromatic heterocycles. The van der Waals surface area contributed by atoms with Crippen molar-refractivity contribution in [2.75, 3.05) is 6.61 Å². The smallest absolute Gasteiger partial charge is 0.305 e. The van der Waals surface area contributed by atoms with Crippen LogP contribution in [0, 0.1) is 11.8 Å². The molecule has 0 radical (unpaired) electrons. The van der Waals surface area contributed by atoms with Crippen molar-refractivity contribution in [3.63, 3.8) is 0 Å². The molecule has 3 nitrogen and oxygen atoms in total. The lowest BCUT2D eigenvalue weighted by Crippen LogP contribution is -2.07. The Hall–Kier alpha value is -0.860. The van der Waals surface area contributed by atoms with Crippen molar-refractivity contribution >= 4 is 11.8 Å².